The molecule has 0 fully saturated rings. The molecule has 1 heterocycles. The Morgan fingerprint density at radius 1 is 0.273 bits per heavy atom. The lowest BCUT2D eigenvalue weighted by Gasteiger charge is -2.16. The summed E-state index contributed by atoms with van der Waals surface area (Å²) in [5.41, 5.74) is 14.9. The van der Waals surface area contributed by atoms with Gasteiger partial charge in [-0.15, -0.1) is 0 Å². The number of aromatic nitrogens is 2. The van der Waals surface area contributed by atoms with Crippen LogP contribution in [0, 0.1) is 13.8 Å². The van der Waals surface area contributed by atoms with Crippen LogP contribution in [0.5, 0.6) is 0 Å². The van der Waals surface area contributed by atoms with Gasteiger partial charge in [-0.3, -0.25) is 0 Å². The molecule has 2 nitrogen and oxygen atoms in total. The number of rotatable bonds is 6. The van der Waals surface area contributed by atoms with Crippen molar-refractivity contribution in [1.29, 1.82) is 0 Å². The molecule has 7 aromatic rings. The van der Waals surface area contributed by atoms with Crippen LogP contribution in [0.2, 0.25) is 0 Å². The van der Waals surface area contributed by atoms with Crippen molar-refractivity contribution in [3.05, 3.63) is 169 Å². The van der Waals surface area contributed by atoms with Gasteiger partial charge in [0.15, 0.2) is 0 Å². The van der Waals surface area contributed by atoms with Crippen molar-refractivity contribution in [1.82, 2.24) is 9.97 Å². The number of benzene rings is 6. The number of hydrogen-bond donors (Lipinski definition) is 0. The van der Waals surface area contributed by atoms with E-state index in [0.717, 1.165) is 45.0 Å². The van der Waals surface area contributed by atoms with Crippen molar-refractivity contribution in [2.75, 3.05) is 0 Å². The summed E-state index contributed by atoms with van der Waals surface area (Å²) in [6.45, 7) is 4.26. The molecule has 0 saturated heterocycles. The maximum absolute atomic E-state index is 5.41. The second-order valence-corrected chi connectivity index (χ2v) is 11.2. The largest absolute Gasteiger partial charge is 0.243 e. The molecule has 0 aliphatic heterocycles. The third kappa shape index (κ3) is 5.58. The molecule has 7 rings (SSSR count). The molecular weight excluding hydrogens is 532 g/mol. The number of aryl methyl sites for hydroxylation is 2. The average Bonchev–Trinajstić information content (AvgIpc) is 3.09. The Balaban J connectivity index is 1.42. The lowest BCUT2D eigenvalue weighted by Crippen LogP contribution is -2.01. The van der Waals surface area contributed by atoms with Crippen LogP contribution < -0.4 is 0 Å². The third-order valence-electron chi connectivity index (χ3n) is 8.01. The topological polar surface area (TPSA) is 25.8 Å². The standard InChI is InChI=1S/C42H32N2/c1-29-11-9-17-37(27-29)31-19-23-35(24-20-31)41-42(36-25-21-32(22-26-36)38-18-10-12-30(2)28-38)44-40(34-15-7-4-8-16-34)39(43-41)33-13-5-3-6-14-33/h3-28H,1-2H3. The summed E-state index contributed by atoms with van der Waals surface area (Å²) in [6.07, 6.45) is 0. The lowest BCUT2D eigenvalue weighted by atomic mass is 9.96. The van der Waals surface area contributed by atoms with E-state index in [1.165, 1.54) is 33.4 Å². The van der Waals surface area contributed by atoms with E-state index in [2.05, 4.69) is 159 Å². The minimum atomic E-state index is 0.864. The first-order valence-electron chi connectivity index (χ1n) is 15.0. The summed E-state index contributed by atoms with van der Waals surface area (Å²) >= 11 is 0. The van der Waals surface area contributed by atoms with Gasteiger partial charge in [-0.2, -0.15) is 0 Å². The lowest BCUT2D eigenvalue weighted by molar-refractivity contribution is 1.21. The molecule has 0 spiro atoms. The molecule has 0 N–H and O–H groups in total. The molecule has 0 aliphatic rings. The Morgan fingerprint density at radius 2 is 0.568 bits per heavy atom. The fraction of sp³-hybridized carbons (Fsp3) is 0.0476. The van der Waals surface area contributed by atoms with Crippen molar-refractivity contribution in [3.63, 3.8) is 0 Å². The SMILES string of the molecule is Cc1cccc(-c2ccc(-c3nc(-c4ccccc4)c(-c4ccccc4)nc3-c3ccc(-c4cccc(C)c4)cc3)cc2)c1. The van der Waals surface area contributed by atoms with Gasteiger partial charge in [0.2, 0.25) is 0 Å². The van der Waals surface area contributed by atoms with E-state index >= 15 is 0 Å². The quantitative estimate of drug-likeness (QED) is 0.201. The van der Waals surface area contributed by atoms with E-state index in [1.54, 1.807) is 0 Å². The molecule has 0 unspecified atom stereocenters. The van der Waals surface area contributed by atoms with Crippen LogP contribution in [0.25, 0.3) is 67.3 Å². The Hall–Kier alpha value is -5.60. The van der Waals surface area contributed by atoms with Crippen LogP contribution >= 0.6 is 0 Å². The van der Waals surface area contributed by atoms with Crippen molar-refractivity contribution < 1.29 is 0 Å². The molecule has 6 aromatic carbocycles. The van der Waals surface area contributed by atoms with Crippen LogP contribution in [-0.2, 0) is 0 Å². The predicted octanol–water partition coefficient (Wildman–Crippen LogP) is 11.1. The van der Waals surface area contributed by atoms with Gasteiger partial charge < -0.3 is 0 Å². The van der Waals surface area contributed by atoms with Gasteiger partial charge in [0.1, 0.15) is 0 Å². The highest BCUT2D eigenvalue weighted by Gasteiger charge is 2.19. The first-order chi connectivity index (χ1) is 21.6. The van der Waals surface area contributed by atoms with E-state index in [-0.39, 0.29) is 0 Å². The van der Waals surface area contributed by atoms with Crippen LogP contribution in [0.4, 0.5) is 0 Å². The Labute approximate surface area is 259 Å². The van der Waals surface area contributed by atoms with Crippen LogP contribution in [0.3, 0.4) is 0 Å². The van der Waals surface area contributed by atoms with E-state index in [0.29, 0.717) is 0 Å². The van der Waals surface area contributed by atoms with Crippen molar-refractivity contribution >= 4 is 0 Å². The van der Waals surface area contributed by atoms with Gasteiger partial charge in [0, 0.05) is 22.3 Å². The summed E-state index contributed by atoms with van der Waals surface area (Å²) in [6, 6.07) is 55.4. The zero-order valence-corrected chi connectivity index (χ0v) is 24.9. The molecule has 2 heteroatoms. The summed E-state index contributed by atoms with van der Waals surface area (Å²) in [5, 5.41) is 0. The van der Waals surface area contributed by atoms with Crippen LogP contribution in [0.1, 0.15) is 11.1 Å². The van der Waals surface area contributed by atoms with Crippen molar-refractivity contribution in [2.45, 2.75) is 13.8 Å². The van der Waals surface area contributed by atoms with Gasteiger partial charge in [-0.1, -0.05) is 169 Å². The normalized spacial score (nSPS) is 11.0. The minimum absolute atomic E-state index is 0.864. The van der Waals surface area contributed by atoms with Gasteiger partial charge >= 0.3 is 0 Å². The second kappa shape index (κ2) is 11.9. The fourth-order valence-electron chi connectivity index (χ4n) is 5.72. The van der Waals surface area contributed by atoms with E-state index in [9.17, 15) is 0 Å². The second-order valence-electron chi connectivity index (χ2n) is 11.2. The van der Waals surface area contributed by atoms with Crippen molar-refractivity contribution in [2.24, 2.45) is 0 Å². The Morgan fingerprint density at radius 3 is 0.909 bits per heavy atom. The van der Waals surface area contributed by atoms with Crippen molar-refractivity contribution in [3.8, 4) is 67.3 Å². The maximum Gasteiger partial charge on any atom is 0.0973 e. The van der Waals surface area contributed by atoms with Gasteiger partial charge in [0.05, 0.1) is 22.8 Å². The molecule has 0 amide bonds. The summed E-state index contributed by atoms with van der Waals surface area (Å²) in [7, 11) is 0. The molecule has 0 aliphatic carbocycles. The fourth-order valence-corrected chi connectivity index (χ4v) is 5.72. The van der Waals surface area contributed by atoms with E-state index < -0.39 is 0 Å². The third-order valence-corrected chi connectivity index (χ3v) is 8.01. The monoisotopic (exact) mass is 564 g/mol. The first kappa shape index (κ1) is 27.2. The summed E-state index contributed by atoms with van der Waals surface area (Å²) in [4.78, 5) is 10.8. The Bertz CT molecular complexity index is 1890. The van der Waals surface area contributed by atoms with Gasteiger partial charge in [0.25, 0.3) is 0 Å². The first-order valence-corrected chi connectivity index (χ1v) is 15.0. The molecule has 0 atom stereocenters. The number of hydrogen-bond acceptors (Lipinski definition) is 2. The van der Waals surface area contributed by atoms with Gasteiger partial charge in [-0.25, -0.2) is 9.97 Å². The van der Waals surface area contributed by atoms with Crippen LogP contribution in [-0.4, -0.2) is 9.97 Å². The smallest absolute Gasteiger partial charge is 0.0973 e. The minimum Gasteiger partial charge on any atom is -0.243 e. The molecular formula is C42H32N2. The molecule has 210 valence electrons. The Kier molecular flexibility index (Phi) is 7.40. The zero-order chi connectivity index (χ0) is 29.9. The molecule has 1 aromatic heterocycles. The zero-order valence-electron chi connectivity index (χ0n) is 24.9. The molecule has 0 saturated carbocycles. The predicted molar refractivity (Wildman–Crippen MR) is 184 cm³/mol. The molecule has 44 heavy (non-hydrogen) atoms. The van der Waals surface area contributed by atoms with Crippen LogP contribution in [0.15, 0.2) is 158 Å². The summed E-state index contributed by atoms with van der Waals surface area (Å²) in [5.74, 6) is 0. The average molecular weight is 565 g/mol. The van der Waals surface area contributed by atoms with E-state index in [4.69, 9.17) is 9.97 Å². The highest BCUT2D eigenvalue weighted by atomic mass is 14.9. The maximum atomic E-state index is 5.41. The van der Waals surface area contributed by atoms with Gasteiger partial charge in [-0.05, 0) is 36.1 Å². The highest BCUT2D eigenvalue weighted by molar-refractivity contribution is 5.87. The molecule has 0 radical (unpaired) electrons. The highest BCUT2D eigenvalue weighted by Crippen LogP contribution is 2.38. The van der Waals surface area contributed by atoms with E-state index in [1.807, 2.05) is 12.1 Å². The molecule has 0 bridgehead atoms. The summed E-state index contributed by atoms with van der Waals surface area (Å²) < 4.78 is 0. The number of nitrogens with zero attached hydrogens (tertiary/aromatic N) is 2.